The first-order chi connectivity index (χ1) is 33.0. The molecule has 3 saturated heterocycles. The molecule has 0 saturated carbocycles. The highest BCUT2D eigenvalue weighted by Crippen LogP contribution is 2.24. The fourth-order valence-corrected chi connectivity index (χ4v) is 7.98. The lowest BCUT2D eigenvalue weighted by Crippen LogP contribution is -2.41. The van der Waals surface area contributed by atoms with Crippen molar-refractivity contribution in [2.24, 2.45) is 0 Å². The van der Waals surface area contributed by atoms with Crippen LogP contribution < -0.4 is 26.0 Å². The molecule has 0 radical (unpaired) electrons. The van der Waals surface area contributed by atoms with Gasteiger partial charge in [0.25, 0.3) is 0 Å². The molecular formula is C51H55ClN12O4. The van der Waals surface area contributed by atoms with Gasteiger partial charge in [-0.1, -0.05) is 84.4 Å². The molecule has 5 aromatic rings. The molecule has 3 aliphatic rings. The Morgan fingerprint density at radius 3 is 1.63 bits per heavy atom. The lowest BCUT2D eigenvalue weighted by Gasteiger charge is -2.24. The second-order valence-electron chi connectivity index (χ2n) is 16.5. The van der Waals surface area contributed by atoms with Gasteiger partial charge in [0.2, 0.25) is 0 Å². The van der Waals surface area contributed by atoms with Crippen LogP contribution in [0.4, 0.5) is 31.4 Å². The Balaban J connectivity index is 0.000000170. The second-order valence-corrected chi connectivity index (χ2v) is 16.9. The molecule has 3 aliphatic heterocycles. The van der Waals surface area contributed by atoms with Gasteiger partial charge in [-0.05, 0) is 91.4 Å². The number of anilines is 3. The van der Waals surface area contributed by atoms with Crippen molar-refractivity contribution in [3.8, 4) is 30.1 Å². The molecule has 0 bridgehead atoms. The van der Waals surface area contributed by atoms with Crippen LogP contribution in [0.2, 0.25) is 5.02 Å². The van der Waals surface area contributed by atoms with E-state index in [9.17, 15) is 14.4 Å². The van der Waals surface area contributed by atoms with E-state index in [-0.39, 0.29) is 36.2 Å². The molecule has 0 aromatic heterocycles. The Bertz CT molecular complexity index is 2580. The van der Waals surface area contributed by atoms with Gasteiger partial charge in [-0.3, -0.25) is 0 Å². The number of rotatable bonds is 10. The van der Waals surface area contributed by atoms with Gasteiger partial charge in [0.15, 0.2) is 18.6 Å². The molecule has 16 nitrogen and oxygen atoms in total. The molecule has 17 heteroatoms. The Hall–Kier alpha value is -8.13. The zero-order chi connectivity index (χ0) is 48.3. The van der Waals surface area contributed by atoms with E-state index >= 15 is 0 Å². The number of amides is 6. The summed E-state index contributed by atoms with van der Waals surface area (Å²) >= 11 is 5.87. The third kappa shape index (κ3) is 15.2. The third-order valence-electron chi connectivity index (χ3n) is 11.6. The van der Waals surface area contributed by atoms with Gasteiger partial charge in [0.05, 0.1) is 18.1 Å². The molecule has 3 unspecified atom stereocenters. The molecule has 3 atom stereocenters. The van der Waals surface area contributed by atoms with Gasteiger partial charge in [0.1, 0.15) is 11.5 Å². The summed E-state index contributed by atoms with van der Waals surface area (Å²) in [7, 11) is 3.53. The Labute approximate surface area is 402 Å². The molecule has 0 spiro atoms. The minimum absolute atomic E-state index is 0.00611. The molecule has 350 valence electrons. The van der Waals surface area contributed by atoms with Crippen molar-refractivity contribution < 1.29 is 19.1 Å². The zero-order valence-electron chi connectivity index (χ0n) is 38.1. The monoisotopic (exact) mass is 934 g/mol. The number of urea groups is 3. The Kier molecular flexibility index (Phi) is 18.1. The third-order valence-corrected chi connectivity index (χ3v) is 11.8. The van der Waals surface area contributed by atoms with Crippen molar-refractivity contribution >= 4 is 46.8 Å². The van der Waals surface area contributed by atoms with Crippen LogP contribution in [0.15, 0.2) is 133 Å². The summed E-state index contributed by atoms with van der Waals surface area (Å²) in [6, 6.07) is 41.4. The van der Waals surface area contributed by atoms with E-state index in [0.29, 0.717) is 61.4 Å². The molecule has 0 aliphatic carbocycles. The number of nitrogens with zero attached hydrogens (tertiary/aromatic N) is 8. The topological polar surface area (TPSA) is 196 Å². The molecule has 3 heterocycles. The van der Waals surface area contributed by atoms with Crippen molar-refractivity contribution in [3.05, 3.63) is 150 Å². The largest absolute Gasteiger partial charge is 0.457 e. The van der Waals surface area contributed by atoms with Gasteiger partial charge in [0, 0.05) is 81.5 Å². The Morgan fingerprint density at radius 2 is 1.07 bits per heavy atom. The first kappa shape index (κ1) is 49.3. The first-order valence-corrected chi connectivity index (χ1v) is 22.7. The fourth-order valence-electron chi connectivity index (χ4n) is 7.79. The summed E-state index contributed by atoms with van der Waals surface area (Å²) in [4.78, 5) is 44.9. The smallest absolute Gasteiger partial charge is 0.321 e. The molecule has 6 amide bonds. The highest BCUT2D eigenvalue weighted by atomic mass is 35.5. The number of halogens is 1. The van der Waals surface area contributed by atoms with Gasteiger partial charge in [-0.15, -0.1) is 0 Å². The number of hydrogen-bond donors (Lipinski definition) is 4. The number of nitrogens with one attached hydrogen (secondary N) is 4. The SMILES string of the molecule is CN(C(=O)Nc1cccc(Cc2ccccc2)c1)C1CCN(C#N)C1.CN(C(=O)Nc1cccc(Cl)c1)C1CCN(C#N)C1.N#CN1CCC(NC(=O)Nc2cccc(Oc3ccccc3)c2)C1. The number of ether oxygens (including phenoxy) is 1. The summed E-state index contributed by atoms with van der Waals surface area (Å²) in [5.74, 6) is 1.39. The highest BCUT2D eigenvalue weighted by Gasteiger charge is 2.29. The number of carbonyl (C=O) groups excluding carboxylic acids is 3. The lowest BCUT2D eigenvalue weighted by atomic mass is 10.0. The molecular weight excluding hydrogens is 880 g/mol. The predicted octanol–water partition coefficient (Wildman–Crippen LogP) is 8.81. The van der Waals surface area contributed by atoms with Crippen LogP contribution >= 0.6 is 11.6 Å². The summed E-state index contributed by atoms with van der Waals surface area (Å²) < 4.78 is 5.75. The van der Waals surface area contributed by atoms with Crippen molar-refractivity contribution in [2.45, 2.75) is 43.8 Å². The van der Waals surface area contributed by atoms with Crippen molar-refractivity contribution in [1.82, 2.24) is 29.8 Å². The van der Waals surface area contributed by atoms with E-state index in [0.717, 1.165) is 42.7 Å². The van der Waals surface area contributed by atoms with Gasteiger partial charge < -0.3 is 50.5 Å². The predicted molar refractivity (Wildman–Crippen MR) is 263 cm³/mol. The summed E-state index contributed by atoms with van der Waals surface area (Å²) in [5, 5.41) is 38.6. The first-order valence-electron chi connectivity index (χ1n) is 22.3. The number of likely N-dealkylation sites (tertiary alicyclic amines) is 3. The maximum atomic E-state index is 12.5. The van der Waals surface area contributed by atoms with E-state index < -0.39 is 0 Å². The van der Waals surface area contributed by atoms with Crippen LogP contribution in [0.1, 0.15) is 30.4 Å². The zero-order valence-corrected chi connectivity index (χ0v) is 38.8. The number of hydrogen-bond acceptors (Lipinski definition) is 10. The van der Waals surface area contributed by atoms with E-state index in [1.54, 1.807) is 75.0 Å². The maximum absolute atomic E-state index is 12.5. The van der Waals surface area contributed by atoms with E-state index in [1.165, 1.54) is 5.56 Å². The van der Waals surface area contributed by atoms with E-state index in [4.69, 9.17) is 32.1 Å². The second kappa shape index (κ2) is 25.0. The van der Waals surface area contributed by atoms with Crippen LogP contribution in [-0.2, 0) is 6.42 Å². The summed E-state index contributed by atoms with van der Waals surface area (Å²) in [5.41, 5.74) is 4.50. The van der Waals surface area contributed by atoms with E-state index in [1.807, 2.05) is 78.9 Å². The lowest BCUT2D eigenvalue weighted by molar-refractivity contribution is 0.205. The standard InChI is InChI=1S/C20H22N4O.C18H18N4O2.C13H15ClN4O/c1-23(19-10-11-24(14-19)15-21)20(25)22-18-9-5-8-17(13-18)12-16-6-3-2-4-7-16;19-13-22-10-9-15(12-22)21-18(23)20-14-5-4-8-17(11-14)24-16-6-2-1-3-7-16;1-17(12-5-6-18(8-12)9-15)13(19)16-11-4-2-3-10(14)7-11/h2-9,13,19H,10-12,14H2,1H3,(H,22,25);1-8,11,15H,9-10,12H2,(H2,20,21,23);2-4,7,12H,5-6,8H2,1H3,(H,16,19). The Morgan fingerprint density at radius 1 is 0.588 bits per heavy atom. The molecule has 3 fully saturated rings. The van der Waals surface area contributed by atoms with Gasteiger partial charge >= 0.3 is 18.1 Å². The number of likely N-dealkylation sites (N-methyl/N-ethyl adjacent to an activating group) is 2. The minimum Gasteiger partial charge on any atom is -0.457 e. The highest BCUT2D eigenvalue weighted by molar-refractivity contribution is 6.30. The van der Waals surface area contributed by atoms with Crippen molar-refractivity contribution in [3.63, 3.8) is 0 Å². The quantitative estimate of drug-likeness (QED) is 0.0983. The fraction of sp³-hybridized carbons (Fsp3) is 0.294. The van der Waals surface area contributed by atoms with Crippen LogP contribution in [0, 0.1) is 34.4 Å². The van der Waals surface area contributed by atoms with Crippen LogP contribution in [-0.4, -0.2) is 114 Å². The maximum Gasteiger partial charge on any atom is 0.321 e. The van der Waals surface area contributed by atoms with Crippen LogP contribution in [0.25, 0.3) is 0 Å². The molecule has 4 N–H and O–H groups in total. The number of benzene rings is 5. The normalized spacial score (nSPS) is 16.8. The van der Waals surface area contributed by atoms with E-state index in [2.05, 4.69) is 58.0 Å². The molecule has 8 rings (SSSR count). The van der Waals surface area contributed by atoms with Crippen molar-refractivity contribution in [1.29, 1.82) is 15.8 Å². The summed E-state index contributed by atoms with van der Waals surface area (Å²) in [6.07, 6.45) is 9.58. The minimum atomic E-state index is -0.281. The summed E-state index contributed by atoms with van der Waals surface area (Å²) in [6.45, 7) is 3.86. The van der Waals surface area contributed by atoms with Crippen LogP contribution in [0.5, 0.6) is 11.5 Å². The van der Waals surface area contributed by atoms with Crippen LogP contribution in [0.3, 0.4) is 0 Å². The molecule has 5 aromatic carbocycles. The van der Waals surface area contributed by atoms with Gasteiger partial charge in [-0.2, -0.15) is 15.8 Å². The van der Waals surface area contributed by atoms with Gasteiger partial charge in [-0.25, -0.2) is 14.4 Å². The average Bonchev–Trinajstić information content (AvgIpc) is 4.15. The average molecular weight is 936 g/mol. The number of nitriles is 3. The number of carbonyl (C=O) groups is 3. The van der Waals surface area contributed by atoms with Crippen molar-refractivity contribution in [2.75, 3.05) is 69.3 Å². The molecule has 68 heavy (non-hydrogen) atoms. The number of para-hydroxylation sites is 1.